The zero-order valence-electron chi connectivity index (χ0n) is 10.3. The van der Waals surface area contributed by atoms with Crippen LogP contribution in [0.2, 0.25) is 0 Å². The van der Waals surface area contributed by atoms with Crippen LogP contribution in [0.3, 0.4) is 0 Å². The van der Waals surface area contributed by atoms with Crippen LogP contribution in [0.15, 0.2) is 23.8 Å². The number of carbonyl (C=O) groups excluding carboxylic acids is 2. The van der Waals surface area contributed by atoms with Gasteiger partial charge in [0.05, 0.1) is 18.8 Å². The Labute approximate surface area is 105 Å². The first-order valence-electron chi connectivity index (χ1n) is 5.62. The molecule has 0 heterocycles. The highest BCUT2D eigenvalue weighted by molar-refractivity contribution is 5.93. The van der Waals surface area contributed by atoms with Crippen molar-refractivity contribution in [3.05, 3.63) is 23.8 Å². The highest BCUT2D eigenvalue weighted by Crippen LogP contribution is 2.26. The lowest BCUT2D eigenvalue weighted by molar-refractivity contribution is -0.181. The number of carbonyl (C=O) groups is 2. The van der Waals surface area contributed by atoms with E-state index >= 15 is 0 Å². The van der Waals surface area contributed by atoms with E-state index in [1.807, 2.05) is 0 Å². The molecule has 0 radical (unpaired) electrons. The topological polar surface area (TPSA) is 93.1 Å². The Hall–Kier alpha value is -1.66. The van der Waals surface area contributed by atoms with Crippen molar-refractivity contribution in [2.45, 2.75) is 19.6 Å². The Balaban J connectivity index is 2.87. The molecule has 6 nitrogen and oxygen atoms in total. The van der Waals surface area contributed by atoms with Gasteiger partial charge in [0, 0.05) is 0 Å². The zero-order chi connectivity index (χ0) is 13.8. The SMILES string of the molecule is CCOC(=O)C1=CC(O)(O)C(C(=O)OCC)C=C1. The maximum Gasteiger partial charge on any atom is 0.337 e. The van der Waals surface area contributed by atoms with Crippen molar-refractivity contribution in [1.82, 2.24) is 0 Å². The minimum atomic E-state index is -2.46. The Morgan fingerprint density at radius 1 is 1.28 bits per heavy atom. The van der Waals surface area contributed by atoms with Crippen LogP contribution in [-0.2, 0) is 19.1 Å². The first kappa shape index (κ1) is 14.4. The molecular formula is C12H16O6. The fraction of sp³-hybridized carbons (Fsp3) is 0.500. The third kappa shape index (κ3) is 3.18. The van der Waals surface area contributed by atoms with Gasteiger partial charge in [-0.25, -0.2) is 4.79 Å². The average molecular weight is 256 g/mol. The van der Waals surface area contributed by atoms with Crippen molar-refractivity contribution < 1.29 is 29.3 Å². The molecule has 1 unspecified atom stereocenters. The quantitative estimate of drug-likeness (QED) is 0.539. The Bertz CT molecular complexity index is 393. The minimum absolute atomic E-state index is 0.0117. The molecule has 100 valence electrons. The molecule has 2 N–H and O–H groups in total. The fourth-order valence-electron chi connectivity index (χ4n) is 1.53. The number of esters is 2. The molecule has 18 heavy (non-hydrogen) atoms. The molecule has 0 bridgehead atoms. The molecule has 0 spiro atoms. The highest BCUT2D eigenvalue weighted by atomic mass is 16.5. The molecule has 0 aromatic heterocycles. The number of rotatable bonds is 4. The number of ether oxygens (including phenoxy) is 2. The van der Waals surface area contributed by atoms with Gasteiger partial charge in [0.15, 0.2) is 0 Å². The van der Waals surface area contributed by atoms with Crippen LogP contribution in [0.25, 0.3) is 0 Å². The van der Waals surface area contributed by atoms with Crippen molar-refractivity contribution in [2.75, 3.05) is 13.2 Å². The van der Waals surface area contributed by atoms with Crippen molar-refractivity contribution in [2.24, 2.45) is 5.92 Å². The van der Waals surface area contributed by atoms with E-state index in [9.17, 15) is 19.8 Å². The predicted molar refractivity (Wildman–Crippen MR) is 61.1 cm³/mol. The van der Waals surface area contributed by atoms with Crippen LogP contribution in [-0.4, -0.2) is 41.2 Å². The summed E-state index contributed by atoms with van der Waals surface area (Å²) in [7, 11) is 0. The molecule has 0 aliphatic heterocycles. The molecule has 0 aromatic rings. The predicted octanol–water partition coefficient (Wildman–Crippen LogP) is -0.0941. The fourth-order valence-corrected chi connectivity index (χ4v) is 1.53. The Kier molecular flexibility index (Phi) is 4.63. The second-order valence-corrected chi connectivity index (χ2v) is 3.69. The molecular weight excluding hydrogens is 240 g/mol. The molecule has 0 aromatic carbocycles. The van der Waals surface area contributed by atoms with E-state index in [0.717, 1.165) is 6.08 Å². The number of aliphatic hydroxyl groups is 2. The van der Waals surface area contributed by atoms with Gasteiger partial charge in [-0.15, -0.1) is 0 Å². The average Bonchev–Trinajstić information content (AvgIpc) is 2.28. The summed E-state index contributed by atoms with van der Waals surface area (Å²) in [4.78, 5) is 22.9. The van der Waals surface area contributed by atoms with E-state index in [4.69, 9.17) is 9.47 Å². The summed E-state index contributed by atoms with van der Waals surface area (Å²) >= 11 is 0. The third-order valence-corrected chi connectivity index (χ3v) is 2.35. The van der Waals surface area contributed by atoms with Crippen LogP contribution in [0.1, 0.15) is 13.8 Å². The summed E-state index contributed by atoms with van der Waals surface area (Å²) < 4.78 is 9.43. The molecule has 1 atom stereocenters. The van der Waals surface area contributed by atoms with E-state index in [1.165, 1.54) is 12.2 Å². The van der Waals surface area contributed by atoms with Gasteiger partial charge in [0.1, 0.15) is 5.92 Å². The summed E-state index contributed by atoms with van der Waals surface area (Å²) in [6, 6.07) is 0. The van der Waals surface area contributed by atoms with Crippen molar-refractivity contribution >= 4 is 11.9 Å². The van der Waals surface area contributed by atoms with Crippen LogP contribution in [0.4, 0.5) is 0 Å². The molecule has 0 saturated carbocycles. The van der Waals surface area contributed by atoms with Crippen molar-refractivity contribution in [3.63, 3.8) is 0 Å². The summed E-state index contributed by atoms with van der Waals surface area (Å²) in [5.41, 5.74) is -0.0117. The smallest absolute Gasteiger partial charge is 0.337 e. The van der Waals surface area contributed by atoms with Crippen molar-refractivity contribution in [3.8, 4) is 0 Å². The van der Waals surface area contributed by atoms with Crippen LogP contribution >= 0.6 is 0 Å². The van der Waals surface area contributed by atoms with Gasteiger partial charge in [-0.2, -0.15) is 0 Å². The Morgan fingerprint density at radius 3 is 2.39 bits per heavy atom. The highest BCUT2D eigenvalue weighted by Gasteiger charge is 2.40. The maximum atomic E-state index is 11.5. The second-order valence-electron chi connectivity index (χ2n) is 3.69. The van der Waals surface area contributed by atoms with Crippen LogP contribution < -0.4 is 0 Å². The van der Waals surface area contributed by atoms with Gasteiger partial charge in [-0.1, -0.05) is 12.2 Å². The van der Waals surface area contributed by atoms with Gasteiger partial charge < -0.3 is 19.7 Å². The lowest BCUT2D eigenvalue weighted by Gasteiger charge is -2.27. The molecule has 1 rings (SSSR count). The molecule has 0 saturated heterocycles. The zero-order valence-corrected chi connectivity index (χ0v) is 10.3. The standard InChI is InChI=1S/C12H16O6/c1-3-17-10(13)8-5-6-9(11(14)18-4-2)12(15,16)7-8/h5-7,9,15-16H,3-4H2,1-2H3. The van der Waals surface area contributed by atoms with E-state index in [2.05, 4.69) is 0 Å². The number of hydrogen-bond donors (Lipinski definition) is 2. The lowest BCUT2D eigenvalue weighted by Crippen LogP contribution is -2.42. The summed E-state index contributed by atoms with van der Waals surface area (Å²) in [5, 5.41) is 19.5. The van der Waals surface area contributed by atoms with Gasteiger partial charge in [0.25, 0.3) is 0 Å². The third-order valence-electron chi connectivity index (χ3n) is 2.35. The van der Waals surface area contributed by atoms with E-state index in [0.29, 0.717) is 0 Å². The molecule has 0 fully saturated rings. The second kappa shape index (κ2) is 5.79. The monoisotopic (exact) mass is 256 g/mol. The number of hydrogen-bond acceptors (Lipinski definition) is 6. The van der Waals surface area contributed by atoms with Gasteiger partial charge in [0.2, 0.25) is 5.79 Å². The van der Waals surface area contributed by atoms with Gasteiger partial charge in [-0.3, -0.25) is 4.79 Å². The summed E-state index contributed by atoms with van der Waals surface area (Å²) in [6.07, 6.45) is 3.40. The van der Waals surface area contributed by atoms with Crippen molar-refractivity contribution in [1.29, 1.82) is 0 Å². The van der Waals surface area contributed by atoms with Crippen LogP contribution in [0, 0.1) is 5.92 Å². The largest absolute Gasteiger partial charge is 0.465 e. The molecule has 0 amide bonds. The maximum absolute atomic E-state index is 11.5. The van der Waals surface area contributed by atoms with E-state index in [-0.39, 0.29) is 18.8 Å². The Morgan fingerprint density at radius 2 is 1.89 bits per heavy atom. The minimum Gasteiger partial charge on any atom is -0.465 e. The first-order valence-corrected chi connectivity index (χ1v) is 5.62. The molecule has 1 aliphatic rings. The van der Waals surface area contributed by atoms with E-state index < -0.39 is 23.6 Å². The normalized spacial score (nSPS) is 21.1. The summed E-state index contributed by atoms with van der Waals surface area (Å²) in [6.45, 7) is 3.56. The molecule has 1 aliphatic carbocycles. The van der Waals surface area contributed by atoms with Gasteiger partial charge in [-0.05, 0) is 19.9 Å². The summed E-state index contributed by atoms with van der Waals surface area (Å²) in [5.74, 6) is -5.15. The molecule has 6 heteroatoms. The first-order chi connectivity index (χ1) is 8.42. The van der Waals surface area contributed by atoms with Gasteiger partial charge >= 0.3 is 11.9 Å². The van der Waals surface area contributed by atoms with E-state index in [1.54, 1.807) is 13.8 Å². The lowest BCUT2D eigenvalue weighted by atomic mass is 9.90. The van der Waals surface area contributed by atoms with Crippen LogP contribution in [0.5, 0.6) is 0 Å².